The standard InChI is InChI=1S/C37H43N7O6S/c1-21(45)49-20-25-24(8-10-38-31(25)44-13-12-43-28(33(44)47)15-22-16-37(5,6)17-29(22)43)23-14-27(32(46)41(7)18-23)40-34-39-26-9-11-42(19-30(26)51-34)35(48)50-36(2,3)4/h8,10,14-15,18H,9,11-13,16-17,19-20H2,1-7H3,(H,39,40). The minimum atomic E-state index is -0.594. The molecule has 2 amide bonds. The molecule has 0 spiro atoms. The molecule has 0 saturated heterocycles. The van der Waals surface area contributed by atoms with Crippen LogP contribution in [0.25, 0.3) is 11.1 Å². The van der Waals surface area contributed by atoms with E-state index in [0.717, 1.165) is 23.4 Å². The van der Waals surface area contributed by atoms with Crippen LogP contribution in [-0.4, -0.2) is 60.7 Å². The van der Waals surface area contributed by atoms with Crippen molar-refractivity contribution in [2.24, 2.45) is 12.5 Å². The third kappa shape index (κ3) is 6.76. The van der Waals surface area contributed by atoms with Gasteiger partial charge in [-0.3, -0.25) is 19.3 Å². The van der Waals surface area contributed by atoms with E-state index < -0.39 is 11.6 Å². The Morgan fingerprint density at radius 2 is 1.88 bits per heavy atom. The maximum atomic E-state index is 14.0. The Labute approximate surface area is 300 Å². The van der Waals surface area contributed by atoms with Crippen LogP contribution >= 0.6 is 11.3 Å². The number of ether oxygens (including phenoxy) is 2. The van der Waals surface area contributed by atoms with Crippen molar-refractivity contribution >= 4 is 45.9 Å². The molecule has 0 saturated carbocycles. The Balaban J connectivity index is 1.20. The number of amides is 2. The van der Waals surface area contributed by atoms with Gasteiger partial charge in [0.2, 0.25) is 0 Å². The van der Waals surface area contributed by atoms with E-state index >= 15 is 0 Å². The summed E-state index contributed by atoms with van der Waals surface area (Å²) in [6, 6.07) is 5.55. The summed E-state index contributed by atoms with van der Waals surface area (Å²) in [7, 11) is 1.67. The fourth-order valence-corrected chi connectivity index (χ4v) is 8.24. The van der Waals surface area contributed by atoms with E-state index in [1.54, 1.807) is 41.4 Å². The van der Waals surface area contributed by atoms with E-state index in [4.69, 9.17) is 14.5 Å². The van der Waals surface area contributed by atoms with Crippen LogP contribution in [0.5, 0.6) is 0 Å². The van der Waals surface area contributed by atoms with Gasteiger partial charge >= 0.3 is 12.1 Å². The predicted octanol–water partition coefficient (Wildman–Crippen LogP) is 5.59. The lowest BCUT2D eigenvalue weighted by Crippen LogP contribution is -2.41. The van der Waals surface area contributed by atoms with Gasteiger partial charge in [0.25, 0.3) is 11.5 Å². The van der Waals surface area contributed by atoms with Crippen molar-refractivity contribution in [3.8, 4) is 11.1 Å². The van der Waals surface area contributed by atoms with Gasteiger partial charge in [-0.05, 0) is 68.4 Å². The molecule has 3 aliphatic rings. The van der Waals surface area contributed by atoms with E-state index in [0.29, 0.717) is 71.6 Å². The lowest BCUT2D eigenvalue weighted by atomic mass is 9.90. The zero-order valence-corrected chi connectivity index (χ0v) is 30.9. The molecule has 51 heavy (non-hydrogen) atoms. The second-order valence-electron chi connectivity index (χ2n) is 15.3. The van der Waals surface area contributed by atoms with Crippen molar-refractivity contribution in [2.45, 2.75) is 86.1 Å². The molecule has 0 aromatic carbocycles. The number of carbonyl (C=O) groups is 3. The summed E-state index contributed by atoms with van der Waals surface area (Å²) in [6.07, 6.45) is 5.41. The molecule has 2 aliphatic heterocycles. The smallest absolute Gasteiger partial charge is 0.410 e. The minimum absolute atomic E-state index is 0.109. The van der Waals surface area contributed by atoms with Crippen LogP contribution < -0.4 is 15.8 Å². The summed E-state index contributed by atoms with van der Waals surface area (Å²) in [4.78, 5) is 65.9. The number of aromatic nitrogens is 4. The van der Waals surface area contributed by atoms with Gasteiger partial charge < -0.3 is 28.8 Å². The fourth-order valence-electron chi connectivity index (χ4n) is 7.21. The molecule has 1 N–H and O–H groups in total. The van der Waals surface area contributed by atoms with Crippen LogP contribution in [0.2, 0.25) is 0 Å². The van der Waals surface area contributed by atoms with Crippen LogP contribution in [0.4, 0.5) is 21.4 Å². The highest BCUT2D eigenvalue weighted by molar-refractivity contribution is 7.15. The average molecular weight is 714 g/mol. The molecule has 14 heteroatoms. The number of fused-ring (bicyclic) bond motifs is 4. The normalized spacial score (nSPS) is 16.4. The van der Waals surface area contributed by atoms with Crippen molar-refractivity contribution < 1.29 is 23.9 Å². The number of anilines is 3. The Kier molecular flexibility index (Phi) is 8.55. The molecule has 4 aromatic heterocycles. The third-order valence-electron chi connectivity index (χ3n) is 9.45. The minimum Gasteiger partial charge on any atom is -0.461 e. The second kappa shape index (κ2) is 12.7. The van der Waals surface area contributed by atoms with Gasteiger partial charge in [-0.25, -0.2) is 14.8 Å². The third-order valence-corrected chi connectivity index (χ3v) is 10.4. The first-order valence-corrected chi connectivity index (χ1v) is 18.0. The van der Waals surface area contributed by atoms with Crippen LogP contribution in [0, 0.1) is 5.41 Å². The molecule has 0 radical (unpaired) electrons. The van der Waals surface area contributed by atoms with Gasteiger partial charge in [0.1, 0.15) is 29.4 Å². The lowest BCUT2D eigenvalue weighted by molar-refractivity contribution is -0.142. The zero-order chi connectivity index (χ0) is 36.4. The van der Waals surface area contributed by atoms with Gasteiger partial charge in [0.05, 0.1) is 12.2 Å². The van der Waals surface area contributed by atoms with Gasteiger partial charge in [-0.2, -0.15) is 0 Å². The van der Waals surface area contributed by atoms with E-state index in [9.17, 15) is 19.2 Å². The predicted molar refractivity (Wildman–Crippen MR) is 193 cm³/mol. The number of thiazole rings is 1. The van der Waals surface area contributed by atoms with Crippen LogP contribution in [0.1, 0.15) is 79.4 Å². The molecular formula is C37H43N7O6S. The topological polar surface area (TPSA) is 141 Å². The lowest BCUT2D eigenvalue weighted by Gasteiger charge is -2.31. The molecule has 1 aliphatic carbocycles. The quantitative estimate of drug-likeness (QED) is 0.253. The number of rotatable bonds is 6. The maximum absolute atomic E-state index is 14.0. The Hall–Kier alpha value is -4.98. The summed E-state index contributed by atoms with van der Waals surface area (Å²) < 4.78 is 14.7. The van der Waals surface area contributed by atoms with Crippen molar-refractivity contribution in [1.82, 2.24) is 24.0 Å². The van der Waals surface area contributed by atoms with Crippen LogP contribution in [0.15, 0.2) is 35.4 Å². The van der Waals surface area contributed by atoms with Gasteiger partial charge in [0.15, 0.2) is 5.13 Å². The monoisotopic (exact) mass is 713 g/mol. The van der Waals surface area contributed by atoms with E-state index in [1.807, 2.05) is 26.8 Å². The molecule has 7 rings (SSSR count). The molecule has 0 unspecified atom stereocenters. The van der Waals surface area contributed by atoms with Crippen LogP contribution in [0.3, 0.4) is 0 Å². The Morgan fingerprint density at radius 1 is 1.10 bits per heavy atom. The van der Waals surface area contributed by atoms with Crippen molar-refractivity contribution in [2.75, 3.05) is 23.3 Å². The molecular weight excluding hydrogens is 671 g/mol. The second-order valence-corrected chi connectivity index (χ2v) is 16.4. The van der Waals surface area contributed by atoms with Crippen LogP contribution in [-0.2, 0) is 60.3 Å². The molecule has 0 bridgehead atoms. The summed E-state index contributed by atoms with van der Waals surface area (Å²) in [5.74, 6) is -0.199. The largest absolute Gasteiger partial charge is 0.461 e. The summed E-state index contributed by atoms with van der Waals surface area (Å²) >= 11 is 1.39. The summed E-state index contributed by atoms with van der Waals surface area (Å²) in [5, 5.41) is 3.76. The van der Waals surface area contributed by atoms with Gasteiger partial charge in [-0.1, -0.05) is 25.2 Å². The fraction of sp³-hybridized carbons (Fsp3) is 0.459. The molecule has 0 atom stereocenters. The number of hydrogen-bond donors (Lipinski definition) is 1. The number of esters is 1. The molecule has 13 nitrogen and oxygen atoms in total. The zero-order valence-electron chi connectivity index (χ0n) is 30.1. The van der Waals surface area contributed by atoms with Crippen molar-refractivity contribution in [1.29, 1.82) is 0 Å². The highest BCUT2D eigenvalue weighted by Gasteiger charge is 2.38. The molecule has 6 heterocycles. The number of nitrogens with one attached hydrogen (secondary N) is 1. The van der Waals surface area contributed by atoms with E-state index in [-0.39, 0.29) is 29.6 Å². The van der Waals surface area contributed by atoms with Gasteiger partial charge in [0, 0.05) is 74.1 Å². The number of carbonyl (C=O) groups excluding carboxylic acids is 3. The SMILES string of the molecule is CC(=O)OCc1c(-c2cc(Nc3nc4c(s3)CN(C(=O)OC(C)(C)C)CC4)c(=O)n(C)c2)ccnc1N1CCn2c(cc3c2CC(C)(C)C3)C1=O. The highest BCUT2D eigenvalue weighted by Crippen LogP contribution is 2.40. The average Bonchev–Trinajstić information content (AvgIpc) is 3.70. The highest BCUT2D eigenvalue weighted by atomic mass is 32.1. The first-order chi connectivity index (χ1) is 24.1. The Bertz CT molecular complexity index is 2140. The first-order valence-electron chi connectivity index (χ1n) is 17.2. The van der Waals surface area contributed by atoms with E-state index in [1.165, 1.54) is 34.1 Å². The van der Waals surface area contributed by atoms with Crippen molar-refractivity contribution in [3.05, 3.63) is 74.0 Å². The van der Waals surface area contributed by atoms with E-state index in [2.05, 4.69) is 28.7 Å². The summed E-state index contributed by atoms with van der Waals surface area (Å²) in [6.45, 7) is 13.2. The number of pyridine rings is 2. The number of aryl methyl sites for hydroxylation is 1. The molecule has 0 fully saturated rings. The molecule has 268 valence electrons. The van der Waals surface area contributed by atoms with Gasteiger partial charge in [-0.15, -0.1) is 0 Å². The summed E-state index contributed by atoms with van der Waals surface area (Å²) in [5.41, 5.74) is 5.48. The number of hydrogen-bond acceptors (Lipinski definition) is 10. The first kappa shape index (κ1) is 34.5. The number of nitrogens with zero attached hydrogens (tertiary/aromatic N) is 6. The van der Waals surface area contributed by atoms with Crippen molar-refractivity contribution in [3.63, 3.8) is 0 Å². The maximum Gasteiger partial charge on any atom is 0.410 e. The Morgan fingerprint density at radius 3 is 2.63 bits per heavy atom. The molecule has 4 aromatic rings.